The normalized spacial score (nSPS) is 13.9. The summed E-state index contributed by atoms with van der Waals surface area (Å²) in [7, 11) is 0. The highest BCUT2D eigenvalue weighted by atomic mass is 19.4. The Morgan fingerprint density at radius 3 is 1.70 bits per heavy atom. The molecule has 0 radical (unpaired) electrons. The lowest BCUT2D eigenvalue weighted by Crippen LogP contribution is -2.22. The highest BCUT2D eigenvalue weighted by Crippen LogP contribution is 2.38. The van der Waals surface area contributed by atoms with Crippen LogP contribution < -0.4 is 4.74 Å². The summed E-state index contributed by atoms with van der Waals surface area (Å²) in [4.78, 5) is 10.1. The average Bonchev–Trinajstić information content (AvgIpc) is 2.26. The Labute approximate surface area is 106 Å². The first-order chi connectivity index (χ1) is 8.91. The SMILES string of the molecule is O=C(O)C(F)Oc1cc(C(F)(F)F)cc(C(F)(F)F)c1. The van der Waals surface area contributed by atoms with Crippen molar-refractivity contribution in [3.63, 3.8) is 0 Å². The van der Waals surface area contributed by atoms with Crippen LogP contribution in [0.2, 0.25) is 0 Å². The van der Waals surface area contributed by atoms with Crippen molar-refractivity contribution in [2.45, 2.75) is 18.7 Å². The molecular weight excluding hydrogens is 301 g/mol. The molecule has 0 amide bonds. The van der Waals surface area contributed by atoms with Gasteiger partial charge in [-0.3, -0.25) is 0 Å². The van der Waals surface area contributed by atoms with E-state index in [-0.39, 0.29) is 18.2 Å². The highest BCUT2D eigenvalue weighted by Gasteiger charge is 2.37. The zero-order chi connectivity index (χ0) is 15.7. The van der Waals surface area contributed by atoms with E-state index in [9.17, 15) is 35.5 Å². The molecule has 0 aliphatic carbocycles. The third-order valence-corrected chi connectivity index (χ3v) is 1.99. The Bertz CT molecular complexity index is 474. The number of hydrogen-bond acceptors (Lipinski definition) is 2. The number of aliphatic carboxylic acids is 1. The van der Waals surface area contributed by atoms with Gasteiger partial charge in [-0.15, -0.1) is 0 Å². The molecule has 0 bridgehead atoms. The van der Waals surface area contributed by atoms with E-state index in [1.807, 2.05) is 0 Å². The molecule has 1 rings (SSSR count). The van der Waals surface area contributed by atoms with E-state index in [0.29, 0.717) is 0 Å². The largest absolute Gasteiger partial charge is 0.476 e. The molecule has 0 aliphatic rings. The third-order valence-electron chi connectivity index (χ3n) is 1.99. The van der Waals surface area contributed by atoms with Crippen molar-refractivity contribution in [2.24, 2.45) is 0 Å². The molecule has 1 aromatic rings. The number of ether oxygens (including phenoxy) is 1. The van der Waals surface area contributed by atoms with Gasteiger partial charge >= 0.3 is 24.7 Å². The van der Waals surface area contributed by atoms with Gasteiger partial charge in [-0.2, -0.15) is 30.7 Å². The van der Waals surface area contributed by atoms with Crippen molar-refractivity contribution in [3.05, 3.63) is 29.3 Å². The van der Waals surface area contributed by atoms with Gasteiger partial charge in [-0.1, -0.05) is 0 Å². The summed E-state index contributed by atoms with van der Waals surface area (Å²) in [6.07, 6.45) is -13.3. The smallest absolute Gasteiger partial charge is 0.416 e. The lowest BCUT2D eigenvalue weighted by molar-refractivity contribution is -0.153. The van der Waals surface area contributed by atoms with Gasteiger partial charge in [0.05, 0.1) is 11.1 Å². The molecule has 0 aromatic heterocycles. The average molecular weight is 306 g/mol. The summed E-state index contributed by atoms with van der Waals surface area (Å²) in [5.74, 6) is -3.38. The maximum Gasteiger partial charge on any atom is 0.416 e. The molecule has 0 saturated carbocycles. The minimum Gasteiger partial charge on any atom is -0.476 e. The third kappa shape index (κ3) is 4.00. The Hall–Kier alpha value is -2.00. The van der Waals surface area contributed by atoms with Gasteiger partial charge < -0.3 is 9.84 Å². The zero-order valence-corrected chi connectivity index (χ0v) is 9.22. The lowest BCUT2D eigenvalue weighted by Gasteiger charge is -2.15. The van der Waals surface area contributed by atoms with Gasteiger partial charge in [0.2, 0.25) is 0 Å². The van der Waals surface area contributed by atoms with Crippen molar-refractivity contribution in [1.29, 1.82) is 0 Å². The molecule has 1 atom stereocenters. The Kier molecular flexibility index (Phi) is 4.15. The fourth-order valence-electron chi connectivity index (χ4n) is 1.16. The van der Waals surface area contributed by atoms with E-state index in [1.165, 1.54) is 0 Å². The molecule has 0 saturated heterocycles. The lowest BCUT2D eigenvalue weighted by atomic mass is 10.1. The van der Waals surface area contributed by atoms with Crippen molar-refractivity contribution in [3.8, 4) is 5.75 Å². The number of carboxylic acid groups (broad SMARTS) is 1. The van der Waals surface area contributed by atoms with Crippen LogP contribution in [0.1, 0.15) is 11.1 Å². The van der Waals surface area contributed by atoms with Crippen LogP contribution >= 0.6 is 0 Å². The topological polar surface area (TPSA) is 46.5 Å². The Morgan fingerprint density at radius 2 is 1.40 bits per heavy atom. The van der Waals surface area contributed by atoms with Crippen molar-refractivity contribution in [1.82, 2.24) is 0 Å². The first-order valence-electron chi connectivity index (χ1n) is 4.74. The molecular formula is C10H5F7O3. The number of carboxylic acids is 1. The standard InChI is InChI=1S/C10H5F7O3/c11-7(8(18)19)20-6-2-4(9(12,13)14)1-5(3-6)10(15,16)17/h1-3,7H,(H,18,19). The summed E-state index contributed by atoms with van der Waals surface area (Å²) in [6, 6.07) is -0.0453. The van der Waals surface area contributed by atoms with E-state index in [0.717, 1.165) is 0 Å². The highest BCUT2D eigenvalue weighted by molar-refractivity contribution is 5.70. The van der Waals surface area contributed by atoms with E-state index in [2.05, 4.69) is 4.74 Å². The van der Waals surface area contributed by atoms with Crippen LogP contribution in [0, 0.1) is 0 Å². The quantitative estimate of drug-likeness (QED) is 0.870. The van der Waals surface area contributed by atoms with Gasteiger partial charge in [0.25, 0.3) is 0 Å². The summed E-state index contributed by atoms with van der Waals surface area (Å²) in [5, 5.41) is 8.16. The van der Waals surface area contributed by atoms with E-state index in [1.54, 1.807) is 0 Å². The van der Waals surface area contributed by atoms with Gasteiger partial charge in [0.15, 0.2) is 0 Å². The molecule has 1 aromatic carbocycles. The van der Waals surface area contributed by atoms with Crippen LogP contribution in [-0.4, -0.2) is 17.4 Å². The minimum absolute atomic E-state index is 0.0742. The van der Waals surface area contributed by atoms with Crippen molar-refractivity contribution in [2.75, 3.05) is 0 Å². The van der Waals surface area contributed by atoms with E-state index < -0.39 is 41.6 Å². The fraction of sp³-hybridized carbons (Fsp3) is 0.300. The Morgan fingerprint density at radius 1 is 1.00 bits per heavy atom. The van der Waals surface area contributed by atoms with E-state index >= 15 is 0 Å². The zero-order valence-electron chi connectivity index (χ0n) is 9.22. The first kappa shape index (κ1) is 16.1. The van der Waals surface area contributed by atoms with Crippen LogP contribution in [0.5, 0.6) is 5.75 Å². The molecule has 1 N–H and O–H groups in total. The number of halogens is 7. The van der Waals surface area contributed by atoms with Crippen LogP contribution in [0.15, 0.2) is 18.2 Å². The molecule has 3 nitrogen and oxygen atoms in total. The number of rotatable bonds is 3. The summed E-state index contributed by atoms with van der Waals surface area (Å²) in [5.41, 5.74) is -3.47. The number of carbonyl (C=O) groups is 1. The summed E-state index contributed by atoms with van der Waals surface area (Å²) >= 11 is 0. The number of hydrogen-bond donors (Lipinski definition) is 1. The maximum atomic E-state index is 12.7. The molecule has 20 heavy (non-hydrogen) atoms. The first-order valence-corrected chi connectivity index (χ1v) is 4.74. The maximum absolute atomic E-state index is 12.7. The van der Waals surface area contributed by atoms with Gasteiger partial charge in [0, 0.05) is 0 Å². The molecule has 0 spiro atoms. The van der Waals surface area contributed by atoms with E-state index in [4.69, 9.17) is 5.11 Å². The fourth-order valence-corrected chi connectivity index (χ4v) is 1.16. The van der Waals surface area contributed by atoms with Crippen LogP contribution in [0.4, 0.5) is 30.7 Å². The molecule has 0 fully saturated rings. The predicted molar refractivity (Wildman–Crippen MR) is 49.6 cm³/mol. The Balaban J connectivity index is 3.28. The van der Waals surface area contributed by atoms with Gasteiger partial charge in [-0.05, 0) is 18.2 Å². The molecule has 0 aliphatic heterocycles. The second kappa shape index (κ2) is 5.17. The van der Waals surface area contributed by atoms with Crippen LogP contribution in [0.3, 0.4) is 0 Å². The number of benzene rings is 1. The molecule has 1 unspecified atom stereocenters. The van der Waals surface area contributed by atoms with Crippen molar-refractivity contribution < 1.29 is 45.4 Å². The van der Waals surface area contributed by atoms with Crippen LogP contribution in [0.25, 0.3) is 0 Å². The second-order valence-electron chi connectivity index (χ2n) is 3.51. The number of alkyl halides is 7. The van der Waals surface area contributed by atoms with Gasteiger partial charge in [0.1, 0.15) is 5.75 Å². The molecule has 10 heteroatoms. The molecule has 0 heterocycles. The summed E-state index contributed by atoms with van der Waals surface area (Å²) in [6.45, 7) is 0. The second-order valence-corrected chi connectivity index (χ2v) is 3.51. The van der Waals surface area contributed by atoms with Gasteiger partial charge in [-0.25, -0.2) is 4.79 Å². The van der Waals surface area contributed by atoms with Crippen LogP contribution in [-0.2, 0) is 17.1 Å². The van der Waals surface area contributed by atoms with Crippen molar-refractivity contribution >= 4 is 5.97 Å². The molecule has 112 valence electrons. The summed E-state index contributed by atoms with van der Waals surface area (Å²) < 4.78 is 91.0. The predicted octanol–water partition coefficient (Wildman–Crippen LogP) is 3.48. The monoisotopic (exact) mass is 306 g/mol. The minimum atomic E-state index is -5.13.